The normalized spacial score (nSPS) is 18.0. The number of aryl methyl sites for hydroxylation is 2. The molecule has 1 N–H and O–H groups in total. The van der Waals surface area contributed by atoms with E-state index in [-0.39, 0.29) is 6.61 Å². The summed E-state index contributed by atoms with van der Waals surface area (Å²) < 4.78 is 0. The molecular weight excluding hydrogens is 378 g/mol. The minimum Gasteiger partial charge on any atom is -0.392 e. The van der Waals surface area contributed by atoms with Gasteiger partial charge in [-0.05, 0) is 89.6 Å². The molecule has 2 aliphatic carbocycles. The maximum Gasteiger partial charge on any atom is 0.0681 e. The van der Waals surface area contributed by atoms with Crippen LogP contribution < -0.4 is 4.90 Å². The summed E-state index contributed by atoms with van der Waals surface area (Å²) in [6.45, 7) is 0.0726. The molecule has 3 aromatic carbocycles. The van der Waals surface area contributed by atoms with E-state index in [0.29, 0.717) is 0 Å². The first kappa shape index (κ1) is 19.8. The van der Waals surface area contributed by atoms with Crippen LogP contribution in [0, 0.1) is 0 Å². The second kappa shape index (κ2) is 8.95. The van der Waals surface area contributed by atoms with E-state index in [4.69, 9.17) is 0 Å². The lowest BCUT2D eigenvalue weighted by Gasteiger charge is -2.26. The molecule has 2 heteroatoms. The van der Waals surface area contributed by atoms with Gasteiger partial charge >= 0.3 is 0 Å². The number of anilines is 1. The molecule has 0 spiro atoms. The number of rotatable bonds is 4. The van der Waals surface area contributed by atoms with E-state index in [1.54, 1.807) is 0 Å². The first-order chi connectivity index (χ1) is 15.3. The van der Waals surface area contributed by atoms with Crippen molar-refractivity contribution in [2.45, 2.75) is 45.1 Å². The van der Waals surface area contributed by atoms with E-state index in [9.17, 15) is 5.11 Å². The van der Waals surface area contributed by atoms with Crippen LogP contribution in [0.25, 0.3) is 11.1 Å². The Morgan fingerprint density at radius 2 is 1.16 bits per heavy atom. The molecular formula is C29H29NO. The molecule has 0 saturated heterocycles. The molecule has 2 aliphatic rings. The molecule has 0 fully saturated rings. The minimum absolute atomic E-state index is 0.0726. The van der Waals surface area contributed by atoms with Crippen molar-refractivity contribution in [3.8, 4) is 0 Å². The van der Waals surface area contributed by atoms with Crippen LogP contribution in [0.2, 0.25) is 0 Å². The van der Waals surface area contributed by atoms with Gasteiger partial charge in [-0.25, -0.2) is 0 Å². The standard InChI is InChI=1S/C29H29NO/c31-21-22-15-17-27(18-16-22)30(19-25-11-5-9-23-7-1-3-13-28(23)25)20-26-12-6-10-24-8-2-4-14-29(24)26/h1-4,7-8,13-20,31H,5-6,9-12,21H2/b25-19+,26-20+. The predicted molar refractivity (Wildman–Crippen MR) is 130 cm³/mol. The summed E-state index contributed by atoms with van der Waals surface area (Å²) in [4.78, 5) is 2.30. The van der Waals surface area contributed by atoms with Gasteiger partial charge in [0.1, 0.15) is 0 Å². The maximum absolute atomic E-state index is 9.47. The van der Waals surface area contributed by atoms with Crippen molar-refractivity contribution in [1.29, 1.82) is 0 Å². The second-order valence-corrected chi connectivity index (χ2v) is 8.56. The number of hydrogen-bond acceptors (Lipinski definition) is 2. The first-order valence-corrected chi connectivity index (χ1v) is 11.4. The Balaban J connectivity index is 1.60. The van der Waals surface area contributed by atoms with Gasteiger partial charge in [-0.15, -0.1) is 0 Å². The van der Waals surface area contributed by atoms with Gasteiger partial charge in [0.2, 0.25) is 0 Å². The quantitative estimate of drug-likeness (QED) is 0.518. The number of hydrogen-bond donors (Lipinski definition) is 1. The Bertz CT molecular complexity index is 1060. The van der Waals surface area contributed by atoms with E-state index >= 15 is 0 Å². The maximum atomic E-state index is 9.47. The van der Waals surface area contributed by atoms with E-state index in [1.165, 1.54) is 46.2 Å². The van der Waals surface area contributed by atoms with Crippen LogP contribution in [0.3, 0.4) is 0 Å². The summed E-state index contributed by atoms with van der Waals surface area (Å²) in [6, 6.07) is 25.9. The summed E-state index contributed by atoms with van der Waals surface area (Å²) in [5, 5.41) is 9.47. The van der Waals surface area contributed by atoms with Crippen LogP contribution >= 0.6 is 0 Å². The highest BCUT2D eigenvalue weighted by Gasteiger charge is 2.17. The van der Waals surface area contributed by atoms with Crippen molar-refractivity contribution in [3.05, 3.63) is 113 Å². The highest BCUT2D eigenvalue weighted by molar-refractivity contribution is 5.77. The molecule has 0 aromatic heterocycles. The number of aliphatic hydroxyl groups is 1. The lowest BCUT2D eigenvalue weighted by Crippen LogP contribution is -2.13. The number of benzene rings is 3. The highest BCUT2D eigenvalue weighted by atomic mass is 16.3. The second-order valence-electron chi connectivity index (χ2n) is 8.56. The molecule has 0 radical (unpaired) electrons. The van der Waals surface area contributed by atoms with Crippen molar-refractivity contribution >= 4 is 16.8 Å². The fraction of sp³-hybridized carbons (Fsp3) is 0.241. The van der Waals surface area contributed by atoms with Gasteiger partial charge in [-0.1, -0.05) is 60.7 Å². The Hall–Kier alpha value is -3.10. The van der Waals surface area contributed by atoms with E-state index < -0.39 is 0 Å². The summed E-state index contributed by atoms with van der Waals surface area (Å²) in [5.41, 5.74) is 10.5. The Labute approximate surface area is 185 Å². The lowest BCUT2D eigenvalue weighted by atomic mass is 9.87. The molecule has 5 rings (SSSR count). The third kappa shape index (κ3) is 4.22. The molecule has 2 nitrogen and oxygen atoms in total. The number of fused-ring (bicyclic) bond motifs is 2. The summed E-state index contributed by atoms with van der Waals surface area (Å²) in [5.74, 6) is 0. The zero-order chi connectivity index (χ0) is 21.0. The van der Waals surface area contributed by atoms with Gasteiger partial charge in [0, 0.05) is 18.1 Å². The van der Waals surface area contributed by atoms with Crippen molar-refractivity contribution in [2.24, 2.45) is 0 Å². The van der Waals surface area contributed by atoms with Gasteiger partial charge in [-0.2, -0.15) is 0 Å². The molecule has 0 heterocycles. The van der Waals surface area contributed by atoms with Crippen molar-refractivity contribution in [3.63, 3.8) is 0 Å². The van der Waals surface area contributed by atoms with E-state index in [1.807, 2.05) is 12.1 Å². The third-order valence-electron chi connectivity index (χ3n) is 6.52. The fourth-order valence-corrected chi connectivity index (χ4v) is 4.87. The molecule has 0 atom stereocenters. The Morgan fingerprint density at radius 1 is 0.645 bits per heavy atom. The molecule has 0 bridgehead atoms. The fourth-order valence-electron chi connectivity index (χ4n) is 4.87. The molecule has 0 unspecified atom stereocenters. The average Bonchev–Trinajstić information content (AvgIpc) is 2.84. The number of nitrogens with zero attached hydrogens (tertiary/aromatic N) is 1. The average molecular weight is 408 g/mol. The molecule has 31 heavy (non-hydrogen) atoms. The topological polar surface area (TPSA) is 23.5 Å². The van der Waals surface area contributed by atoms with Gasteiger partial charge < -0.3 is 10.0 Å². The van der Waals surface area contributed by atoms with Crippen LogP contribution in [0.15, 0.2) is 85.2 Å². The van der Waals surface area contributed by atoms with Crippen molar-refractivity contribution in [1.82, 2.24) is 0 Å². The molecule has 156 valence electrons. The van der Waals surface area contributed by atoms with E-state index in [2.05, 4.69) is 78.0 Å². The van der Waals surface area contributed by atoms with Gasteiger partial charge in [-0.3, -0.25) is 0 Å². The molecule has 0 aliphatic heterocycles. The summed E-state index contributed by atoms with van der Waals surface area (Å²) in [7, 11) is 0. The zero-order valence-corrected chi connectivity index (χ0v) is 17.9. The monoisotopic (exact) mass is 407 g/mol. The number of allylic oxidation sites excluding steroid dienone is 2. The first-order valence-electron chi connectivity index (χ1n) is 11.4. The van der Waals surface area contributed by atoms with Crippen LogP contribution in [0.4, 0.5) is 5.69 Å². The number of aliphatic hydroxyl groups excluding tert-OH is 1. The smallest absolute Gasteiger partial charge is 0.0681 e. The van der Waals surface area contributed by atoms with Crippen LogP contribution in [-0.2, 0) is 19.4 Å². The van der Waals surface area contributed by atoms with Crippen molar-refractivity contribution in [2.75, 3.05) is 4.90 Å². The molecule has 0 amide bonds. The largest absolute Gasteiger partial charge is 0.392 e. The van der Waals surface area contributed by atoms with Gasteiger partial charge in [0.25, 0.3) is 0 Å². The van der Waals surface area contributed by atoms with Gasteiger partial charge in [0.15, 0.2) is 0 Å². The molecule has 3 aromatic rings. The predicted octanol–water partition coefficient (Wildman–Crippen LogP) is 6.74. The zero-order valence-electron chi connectivity index (χ0n) is 17.9. The van der Waals surface area contributed by atoms with E-state index in [0.717, 1.165) is 36.9 Å². The van der Waals surface area contributed by atoms with Crippen LogP contribution in [0.5, 0.6) is 0 Å². The Kier molecular flexibility index (Phi) is 5.73. The third-order valence-corrected chi connectivity index (χ3v) is 6.52. The minimum atomic E-state index is 0.0726. The highest BCUT2D eigenvalue weighted by Crippen LogP contribution is 2.35. The lowest BCUT2D eigenvalue weighted by molar-refractivity contribution is 0.282. The summed E-state index contributed by atoms with van der Waals surface area (Å²) in [6.07, 6.45) is 11.6. The van der Waals surface area contributed by atoms with Crippen LogP contribution in [-0.4, -0.2) is 5.11 Å². The van der Waals surface area contributed by atoms with Crippen molar-refractivity contribution < 1.29 is 5.11 Å². The summed E-state index contributed by atoms with van der Waals surface area (Å²) >= 11 is 0. The SMILES string of the molecule is OCc1ccc(N(/C=C2\CCCc3ccccc32)/C=C2\CCCc3ccccc32)cc1. The van der Waals surface area contributed by atoms with Gasteiger partial charge in [0.05, 0.1) is 6.61 Å². The Morgan fingerprint density at radius 3 is 1.68 bits per heavy atom. The molecule has 0 saturated carbocycles. The van der Waals surface area contributed by atoms with Crippen LogP contribution in [0.1, 0.15) is 53.5 Å².